The quantitative estimate of drug-likeness (QED) is 0.865. The fraction of sp³-hybridized carbons (Fsp3) is 0.706. The monoisotopic (exact) mass is 308 g/mol. The topological polar surface area (TPSA) is 32.3 Å². The Bertz CT molecular complexity index is 455. The average molecular weight is 308 g/mol. The minimum absolute atomic E-state index is 0.0331. The maximum absolute atomic E-state index is 12.8. The lowest BCUT2D eigenvalue weighted by Crippen LogP contribution is -2.36. The second kappa shape index (κ2) is 6.93. The summed E-state index contributed by atoms with van der Waals surface area (Å²) in [6, 6.07) is 2.09. The van der Waals surface area contributed by atoms with E-state index in [0.717, 1.165) is 13.0 Å². The second-order valence-electron chi connectivity index (χ2n) is 7.02. The van der Waals surface area contributed by atoms with Crippen molar-refractivity contribution in [3.8, 4) is 0 Å². The summed E-state index contributed by atoms with van der Waals surface area (Å²) in [7, 11) is 0. The van der Waals surface area contributed by atoms with Gasteiger partial charge in [0.25, 0.3) is 0 Å². The first kappa shape index (κ1) is 16.5. The van der Waals surface area contributed by atoms with Crippen LogP contribution in [0.1, 0.15) is 52.8 Å². The van der Waals surface area contributed by atoms with E-state index in [-0.39, 0.29) is 18.1 Å². The zero-order valence-corrected chi connectivity index (χ0v) is 14.6. The van der Waals surface area contributed by atoms with E-state index in [9.17, 15) is 4.79 Å². The summed E-state index contributed by atoms with van der Waals surface area (Å²) in [6.07, 6.45) is 0.958. The third kappa shape index (κ3) is 3.86. The highest BCUT2D eigenvalue weighted by Crippen LogP contribution is 2.30. The maximum atomic E-state index is 12.8. The molecule has 3 nitrogen and oxygen atoms in total. The summed E-state index contributed by atoms with van der Waals surface area (Å²) < 4.78 is 0. The zero-order chi connectivity index (χ0) is 15.6. The lowest BCUT2D eigenvalue weighted by molar-refractivity contribution is -0.131. The molecule has 0 bridgehead atoms. The molecule has 4 heteroatoms. The van der Waals surface area contributed by atoms with Gasteiger partial charge in [-0.3, -0.25) is 10.1 Å². The van der Waals surface area contributed by atoms with Gasteiger partial charge in [-0.1, -0.05) is 34.6 Å². The highest BCUT2D eigenvalue weighted by atomic mass is 32.1. The Morgan fingerprint density at radius 3 is 2.52 bits per heavy atom. The van der Waals surface area contributed by atoms with E-state index in [0.29, 0.717) is 17.8 Å². The molecule has 1 aliphatic heterocycles. The molecule has 1 aliphatic rings. The van der Waals surface area contributed by atoms with Crippen molar-refractivity contribution in [3.05, 3.63) is 22.4 Å². The lowest BCUT2D eigenvalue weighted by Gasteiger charge is -2.28. The summed E-state index contributed by atoms with van der Waals surface area (Å²) in [6.45, 7) is 11.9. The summed E-state index contributed by atoms with van der Waals surface area (Å²) >= 11 is 1.69. The van der Waals surface area contributed by atoms with Crippen molar-refractivity contribution in [1.29, 1.82) is 0 Å². The van der Waals surface area contributed by atoms with Crippen molar-refractivity contribution in [2.75, 3.05) is 6.54 Å². The van der Waals surface area contributed by atoms with E-state index in [1.807, 2.05) is 0 Å². The van der Waals surface area contributed by atoms with E-state index in [1.54, 1.807) is 11.3 Å². The van der Waals surface area contributed by atoms with Gasteiger partial charge in [0.05, 0.1) is 6.04 Å². The van der Waals surface area contributed by atoms with E-state index in [4.69, 9.17) is 0 Å². The Kier molecular flexibility index (Phi) is 5.44. The van der Waals surface area contributed by atoms with Crippen molar-refractivity contribution in [2.45, 2.75) is 53.2 Å². The van der Waals surface area contributed by atoms with Gasteiger partial charge in [0.2, 0.25) is 5.91 Å². The standard InChI is InChI=1S/C17H28N2OS/c1-11(2)8-15-17(20)19(9-13(5)12(3)4)16(18-15)14-6-7-21-10-14/h6-7,10-13,15-16,18H,8-9H2,1-5H3. The van der Waals surface area contributed by atoms with Crippen molar-refractivity contribution in [1.82, 2.24) is 10.2 Å². The van der Waals surface area contributed by atoms with Crippen LogP contribution < -0.4 is 5.32 Å². The number of thiophene rings is 1. The third-order valence-electron chi connectivity index (χ3n) is 4.44. The molecule has 1 saturated heterocycles. The van der Waals surface area contributed by atoms with Gasteiger partial charge in [0, 0.05) is 6.54 Å². The van der Waals surface area contributed by atoms with Crippen LogP contribution in [-0.2, 0) is 4.79 Å². The molecule has 0 aromatic carbocycles. The molecule has 2 heterocycles. The van der Waals surface area contributed by atoms with Crippen molar-refractivity contribution >= 4 is 17.2 Å². The van der Waals surface area contributed by atoms with Gasteiger partial charge in [0.1, 0.15) is 6.17 Å². The fourth-order valence-corrected chi connectivity index (χ4v) is 3.42. The van der Waals surface area contributed by atoms with E-state index in [2.05, 4.69) is 61.7 Å². The molecule has 1 aromatic heterocycles. The first-order chi connectivity index (χ1) is 9.90. The molecule has 3 unspecified atom stereocenters. The van der Waals surface area contributed by atoms with Crippen LogP contribution in [0.5, 0.6) is 0 Å². The molecule has 0 saturated carbocycles. The highest BCUT2D eigenvalue weighted by Gasteiger charge is 2.40. The van der Waals surface area contributed by atoms with E-state index >= 15 is 0 Å². The summed E-state index contributed by atoms with van der Waals surface area (Å²) in [5.41, 5.74) is 1.22. The number of nitrogens with one attached hydrogen (secondary N) is 1. The molecular formula is C17H28N2OS. The van der Waals surface area contributed by atoms with Crippen LogP contribution in [0.3, 0.4) is 0 Å². The second-order valence-corrected chi connectivity index (χ2v) is 7.80. The first-order valence-electron chi connectivity index (χ1n) is 7.98. The number of nitrogens with zero attached hydrogens (tertiary/aromatic N) is 1. The molecule has 118 valence electrons. The Morgan fingerprint density at radius 1 is 1.29 bits per heavy atom. The van der Waals surface area contributed by atoms with Gasteiger partial charge in [-0.25, -0.2) is 0 Å². The normalized spacial score (nSPS) is 24.3. The number of hydrogen-bond acceptors (Lipinski definition) is 3. The average Bonchev–Trinajstić information content (AvgIpc) is 3.01. The Hall–Kier alpha value is -0.870. The predicted octanol–water partition coefficient (Wildman–Crippen LogP) is 3.89. The third-order valence-corrected chi connectivity index (χ3v) is 5.14. The van der Waals surface area contributed by atoms with Crippen LogP contribution in [-0.4, -0.2) is 23.4 Å². The van der Waals surface area contributed by atoms with E-state index < -0.39 is 0 Å². The zero-order valence-electron chi connectivity index (χ0n) is 13.8. The number of rotatable bonds is 6. The predicted molar refractivity (Wildman–Crippen MR) is 89.2 cm³/mol. The lowest BCUT2D eigenvalue weighted by atomic mass is 9.97. The van der Waals surface area contributed by atoms with Crippen LogP contribution in [0.4, 0.5) is 0 Å². The SMILES string of the molecule is CC(C)CC1NC(c2ccsc2)N(CC(C)C(C)C)C1=O. The number of hydrogen-bond donors (Lipinski definition) is 1. The molecule has 21 heavy (non-hydrogen) atoms. The summed E-state index contributed by atoms with van der Waals surface area (Å²) in [4.78, 5) is 14.8. The number of carbonyl (C=O) groups is 1. The molecule has 3 atom stereocenters. The number of carbonyl (C=O) groups excluding carboxylic acids is 1. The van der Waals surface area contributed by atoms with Gasteiger partial charge >= 0.3 is 0 Å². The summed E-state index contributed by atoms with van der Waals surface area (Å²) in [5.74, 6) is 1.89. The fourth-order valence-electron chi connectivity index (χ4n) is 2.74. The van der Waals surface area contributed by atoms with Crippen LogP contribution in [0.2, 0.25) is 0 Å². The van der Waals surface area contributed by atoms with Crippen molar-refractivity contribution < 1.29 is 4.79 Å². The minimum Gasteiger partial charge on any atom is -0.321 e. The maximum Gasteiger partial charge on any atom is 0.241 e. The smallest absolute Gasteiger partial charge is 0.241 e. The van der Waals surface area contributed by atoms with Crippen LogP contribution >= 0.6 is 11.3 Å². The van der Waals surface area contributed by atoms with Crippen molar-refractivity contribution in [3.63, 3.8) is 0 Å². The number of amides is 1. The van der Waals surface area contributed by atoms with Crippen LogP contribution in [0.15, 0.2) is 16.8 Å². The molecule has 1 N–H and O–H groups in total. The van der Waals surface area contributed by atoms with Gasteiger partial charge in [-0.05, 0) is 46.6 Å². The molecular weight excluding hydrogens is 280 g/mol. The molecule has 1 fully saturated rings. The van der Waals surface area contributed by atoms with E-state index in [1.165, 1.54) is 5.56 Å². The Morgan fingerprint density at radius 2 is 2.00 bits per heavy atom. The Balaban J connectivity index is 2.17. The van der Waals surface area contributed by atoms with Gasteiger partial charge in [-0.2, -0.15) is 11.3 Å². The minimum atomic E-state index is -0.0331. The largest absolute Gasteiger partial charge is 0.321 e. The van der Waals surface area contributed by atoms with Crippen molar-refractivity contribution in [2.24, 2.45) is 17.8 Å². The molecule has 0 spiro atoms. The van der Waals surface area contributed by atoms with Gasteiger partial charge in [0.15, 0.2) is 0 Å². The first-order valence-corrected chi connectivity index (χ1v) is 8.93. The molecule has 0 aliphatic carbocycles. The molecule has 2 rings (SSSR count). The molecule has 1 aromatic rings. The summed E-state index contributed by atoms with van der Waals surface area (Å²) in [5, 5.41) is 7.79. The van der Waals surface area contributed by atoms with Gasteiger partial charge in [-0.15, -0.1) is 0 Å². The highest BCUT2D eigenvalue weighted by molar-refractivity contribution is 7.07. The molecule has 0 radical (unpaired) electrons. The van der Waals surface area contributed by atoms with Crippen LogP contribution in [0.25, 0.3) is 0 Å². The van der Waals surface area contributed by atoms with Crippen LogP contribution in [0, 0.1) is 17.8 Å². The Labute approximate surface area is 132 Å². The van der Waals surface area contributed by atoms with Gasteiger partial charge < -0.3 is 4.90 Å². The molecule has 1 amide bonds.